The molecule has 1 atom stereocenters. The van der Waals surface area contributed by atoms with Crippen molar-refractivity contribution in [3.05, 3.63) is 53.6 Å². The van der Waals surface area contributed by atoms with E-state index in [1.54, 1.807) is 53.4 Å². The van der Waals surface area contributed by atoms with Crippen molar-refractivity contribution in [1.29, 1.82) is 0 Å². The van der Waals surface area contributed by atoms with Gasteiger partial charge in [-0.2, -0.15) is 10.3 Å². The van der Waals surface area contributed by atoms with Crippen LogP contribution in [-0.2, 0) is 7.05 Å². The summed E-state index contributed by atoms with van der Waals surface area (Å²) in [6.07, 6.45) is 6.80. The van der Waals surface area contributed by atoms with E-state index in [2.05, 4.69) is 41.0 Å². The van der Waals surface area contributed by atoms with Crippen LogP contribution in [0.1, 0.15) is 23.3 Å². The lowest BCUT2D eigenvalue weighted by Crippen LogP contribution is -2.49. The Bertz CT molecular complexity index is 1250. The highest BCUT2D eigenvalue weighted by molar-refractivity contribution is 6.33. The molecule has 0 aromatic carbocycles. The van der Waals surface area contributed by atoms with Crippen LogP contribution in [0.3, 0.4) is 0 Å². The Balaban J connectivity index is 1.48. The monoisotopic (exact) mass is 464 g/mol. The quantitative estimate of drug-likeness (QED) is 0.459. The van der Waals surface area contributed by atoms with Gasteiger partial charge in [0.05, 0.1) is 17.3 Å². The maximum Gasteiger partial charge on any atom is 0.278 e. The zero-order valence-corrected chi connectivity index (χ0v) is 18.6. The molecule has 1 aliphatic rings. The third-order valence-electron chi connectivity index (χ3n) is 5.61. The van der Waals surface area contributed by atoms with Crippen molar-refractivity contribution in [3.63, 3.8) is 0 Å². The zero-order chi connectivity index (χ0) is 22.8. The highest BCUT2D eigenvalue weighted by atomic mass is 35.5. The van der Waals surface area contributed by atoms with Gasteiger partial charge in [-0.1, -0.05) is 17.7 Å². The Kier molecular flexibility index (Phi) is 5.80. The maximum absolute atomic E-state index is 13.6. The highest BCUT2D eigenvalue weighted by Crippen LogP contribution is 2.30. The summed E-state index contributed by atoms with van der Waals surface area (Å²) in [5, 5.41) is 22.3. The molecule has 0 radical (unpaired) electrons. The van der Waals surface area contributed by atoms with E-state index >= 15 is 0 Å². The summed E-state index contributed by atoms with van der Waals surface area (Å²) >= 11 is 6.42. The van der Waals surface area contributed by atoms with Crippen molar-refractivity contribution in [2.75, 3.05) is 18.0 Å². The number of aromatic amines is 1. The second-order valence-corrected chi connectivity index (χ2v) is 8.09. The molecule has 1 aliphatic heterocycles. The van der Waals surface area contributed by atoms with Crippen molar-refractivity contribution in [3.8, 4) is 22.6 Å². The average Bonchev–Trinajstić information content (AvgIpc) is 3.51. The first-order chi connectivity index (χ1) is 16.1. The molecule has 5 rings (SSSR count). The average molecular weight is 465 g/mol. The first-order valence-electron chi connectivity index (χ1n) is 10.5. The van der Waals surface area contributed by atoms with Gasteiger partial charge in [0.1, 0.15) is 11.4 Å². The molecule has 33 heavy (non-hydrogen) atoms. The number of amides is 1. The molecule has 1 saturated heterocycles. The summed E-state index contributed by atoms with van der Waals surface area (Å²) in [4.78, 5) is 24.1. The fourth-order valence-electron chi connectivity index (χ4n) is 4.02. The van der Waals surface area contributed by atoms with Gasteiger partial charge in [-0.25, -0.2) is 4.98 Å². The molecule has 0 bridgehead atoms. The zero-order valence-electron chi connectivity index (χ0n) is 17.8. The van der Waals surface area contributed by atoms with Gasteiger partial charge in [-0.15, -0.1) is 10.2 Å². The summed E-state index contributed by atoms with van der Waals surface area (Å²) in [6.45, 7) is 1.59. The number of halogens is 1. The van der Waals surface area contributed by atoms with E-state index in [1.165, 1.54) is 0 Å². The number of anilines is 1. The Labute approximate surface area is 194 Å². The molecule has 5 heterocycles. The Morgan fingerprint density at radius 1 is 1.24 bits per heavy atom. The fraction of sp³-hybridized carbons (Fsp3) is 0.286. The molecule has 12 heteroatoms. The Morgan fingerprint density at radius 2 is 2.15 bits per heavy atom. The number of hydrogen-bond acceptors (Lipinski definition) is 8. The minimum atomic E-state index is -0.250. The van der Waals surface area contributed by atoms with Crippen LogP contribution in [0.2, 0.25) is 5.02 Å². The van der Waals surface area contributed by atoms with Crippen LogP contribution in [0, 0.1) is 0 Å². The molecule has 1 fully saturated rings. The van der Waals surface area contributed by atoms with Crippen LogP contribution in [0.5, 0.6) is 0 Å². The van der Waals surface area contributed by atoms with E-state index in [9.17, 15) is 4.79 Å². The summed E-state index contributed by atoms with van der Waals surface area (Å²) < 4.78 is 1.67. The predicted molar refractivity (Wildman–Crippen MR) is 122 cm³/mol. The molecule has 0 saturated carbocycles. The van der Waals surface area contributed by atoms with E-state index in [1.807, 2.05) is 6.07 Å². The lowest BCUT2D eigenvalue weighted by Gasteiger charge is -2.34. The van der Waals surface area contributed by atoms with Gasteiger partial charge >= 0.3 is 0 Å². The number of tetrazole rings is 1. The molecule has 11 nitrogen and oxygen atoms in total. The topological polar surface area (TPSA) is 130 Å². The molecule has 2 N–H and O–H groups in total. The molecule has 4 aromatic rings. The van der Waals surface area contributed by atoms with Crippen LogP contribution in [0.4, 0.5) is 5.82 Å². The minimum Gasteiger partial charge on any atom is -0.315 e. The molecule has 0 unspecified atom stereocenters. The second kappa shape index (κ2) is 9.04. The van der Waals surface area contributed by atoms with E-state index < -0.39 is 0 Å². The summed E-state index contributed by atoms with van der Waals surface area (Å²) in [7, 11) is 1.80. The molecule has 4 aromatic heterocycles. The number of aromatic nitrogens is 8. The van der Waals surface area contributed by atoms with Crippen molar-refractivity contribution in [2.24, 2.45) is 7.05 Å². The number of carbonyl (C=O) groups excluding carboxylic acids is 1. The van der Waals surface area contributed by atoms with Crippen LogP contribution < -0.4 is 10.2 Å². The van der Waals surface area contributed by atoms with Gasteiger partial charge in [-0.3, -0.25) is 19.4 Å². The summed E-state index contributed by atoms with van der Waals surface area (Å²) in [5.74, 6) is 0.613. The Morgan fingerprint density at radius 3 is 2.85 bits per heavy atom. The third-order valence-corrected chi connectivity index (χ3v) is 5.91. The van der Waals surface area contributed by atoms with Gasteiger partial charge in [0, 0.05) is 37.1 Å². The molecular weight excluding hydrogens is 444 g/mol. The first kappa shape index (κ1) is 21.2. The molecule has 0 spiro atoms. The van der Waals surface area contributed by atoms with Gasteiger partial charge in [-0.05, 0) is 42.8 Å². The largest absolute Gasteiger partial charge is 0.315 e. The van der Waals surface area contributed by atoms with Crippen LogP contribution >= 0.6 is 11.6 Å². The SMILES string of the molecule is Cn1ncc(-c2ccc(C(=O)N(c3ncccc3Cl)[C@@H]3CCCNC3)nc2)c1-c1nn[nH]n1. The molecule has 168 valence electrons. The standard InChI is InChI=1S/C21H21ClN10O/c1-31-18(19-27-29-30-28-19)15(12-26-31)13-6-7-17(25-10-13)21(33)32(14-4-2-8-23-11-14)20-16(22)5-3-9-24-20/h3,5-7,9-10,12,14,23H,2,4,8,11H2,1H3,(H,27,28,29,30)/t14-/m1/s1. The fourth-order valence-corrected chi connectivity index (χ4v) is 4.24. The Hall–Kier alpha value is -3.70. The van der Waals surface area contributed by atoms with Crippen LogP contribution in [0.15, 0.2) is 42.9 Å². The number of piperidine rings is 1. The minimum absolute atomic E-state index is 0.0664. The normalized spacial score (nSPS) is 16.0. The number of aryl methyl sites for hydroxylation is 1. The van der Waals surface area contributed by atoms with Gasteiger partial charge < -0.3 is 5.32 Å². The number of carbonyl (C=O) groups is 1. The number of pyridine rings is 2. The number of rotatable bonds is 5. The van der Waals surface area contributed by atoms with Crippen molar-refractivity contribution < 1.29 is 4.79 Å². The second-order valence-electron chi connectivity index (χ2n) is 7.68. The van der Waals surface area contributed by atoms with Crippen molar-refractivity contribution in [2.45, 2.75) is 18.9 Å². The van der Waals surface area contributed by atoms with Gasteiger partial charge in [0.2, 0.25) is 5.82 Å². The van der Waals surface area contributed by atoms with E-state index in [4.69, 9.17) is 11.6 Å². The van der Waals surface area contributed by atoms with Crippen molar-refractivity contribution >= 4 is 23.3 Å². The summed E-state index contributed by atoms with van der Waals surface area (Å²) in [6, 6.07) is 6.95. The van der Waals surface area contributed by atoms with E-state index in [0.29, 0.717) is 34.6 Å². The van der Waals surface area contributed by atoms with Crippen LogP contribution in [0.25, 0.3) is 22.6 Å². The van der Waals surface area contributed by atoms with E-state index in [-0.39, 0.29) is 11.9 Å². The third kappa shape index (κ3) is 4.08. The van der Waals surface area contributed by atoms with Gasteiger partial charge in [0.15, 0.2) is 5.82 Å². The highest BCUT2D eigenvalue weighted by Gasteiger charge is 2.31. The smallest absolute Gasteiger partial charge is 0.278 e. The number of hydrogen-bond donors (Lipinski definition) is 2. The first-order valence-corrected chi connectivity index (χ1v) is 10.9. The molecular formula is C21H21ClN10O. The lowest BCUT2D eigenvalue weighted by atomic mass is 10.0. The van der Waals surface area contributed by atoms with E-state index in [0.717, 1.165) is 30.5 Å². The van der Waals surface area contributed by atoms with Gasteiger partial charge in [0.25, 0.3) is 5.91 Å². The predicted octanol–water partition coefficient (Wildman–Crippen LogP) is 2.11. The number of nitrogens with one attached hydrogen (secondary N) is 2. The molecule has 0 aliphatic carbocycles. The van der Waals surface area contributed by atoms with Crippen LogP contribution in [-0.4, -0.2) is 65.4 Å². The maximum atomic E-state index is 13.6. The number of nitrogens with zero attached hydrogens (tertiary/aromatic N) is 8. The molecule has 1 amide bonds. The summed E-state index contributed by atoms with van der Waals surface area (Å²) in [5.41, 5.74) is 2.56. The number of H-pyrrole nitrogens is 1. The van der Waals surface area contributed by atoms with Crippen molar-refractivity contribution in [1.82, 2.24) is 45.7 Å². The lowest BCUT2D eigenvalue weighted by molar-refractivity contribution is 0.0966.